The molecule has 12 heteroatoms. The zero-order chi connectivity index (χ0) is 26.5. The number of carbonyl (C=O) groups is 1. The largest absolute Gasteiger partial charge is 0.490 e. The SMILES string of the molecule is CCOc1cc(/C=N\NC(=O)c2cc3cc(Br)cc(Br)c3o2)cc(I)c1OCc1ccc([N+](=O)[O-])cc1. The standard InChI is InChI=1S/C25H18Br2IN3O6/c1-2-35-21-8-15(7-20(28)24(21)36-13-14-3-5-18(6-4-14)31(33)34)12-29-30-25(32)22-10-16-9-17(26)11-19(27)23(16)37-22/h3-12H,2,13H2,1H3,(H,30,32)/b29-12-. The lowest BCUT2D eigenvalue weighted by molar-refractivity contribution is -0.384. The van der Waals surface area contributed by atoms with E-state index in [1.807, 2.05) is 25.1 Å². The number of nitrogens with zero attached hydrogens (tertiary/aromatic N) is 2. The third-order valence-corrected chi connectivity index (χ3v) is 6.85. The molecular formula is C25H18Br2IN3O6. The molecule has 1 heterocycles. The number of nitro benzene ring substituents is 1. The molecule has 0 aliphatic heterocycles. The molecule has 0 saturated heterocycles. The molecule has 1 aromatic heterocycles. The van der Waals surface area contributed by atoms with E-state index in [-0.39, 0.29) is 18.1 Å². The van der Waals surface area contributed by atoms with Crippen LogP contribution in [0, 0.1) is 13.7 Å². The van der Waals surface area contributed by atoms with E-state index in [2.05, 4.69) is 65.0 Å². The van der Waals surface area contributed by atoms with Crippen LogP contribution in [0.3, 0.4) is 0 Å². The maximum absolute atomic E-state index is 12.5. The number of hydrogen-bond acceptors (Lipinski definition) is 7. The number of benzene rings is 3. The topological polar surface area (TPSA) is 116 Å². The van der Waals surface area contributed by atoms with Crippen molar-refractivity contribution < 1.29 is 23.6 Å². The first kappa shape index (κ1) is 27.1. The van der Waals surface area contributed by atoms with Crippen LogP contribution in [0.2, 0.25) is 0 Å². The van der Waals surface area contributed by atoms with Gasteiger partial charge < -0.3 is 13.9 Å². The number of furan rings is 1. The van der Waals surface area contributed by atoms with Gasteiger partial charge in [0, 0.05) is 22.0 Å². The Bertz CT molecular complexity index is 1500. The quantitative estimate of drug-likeness (QED) is 0.0839. The summed E-state index contributed by atoms with van der Waals surface area (Å²) in [5, 5.41) is 15.7. The van der Waals surface area contributed by atoms with Gasteiger partial charge >= 0.3 is 5.91 Å². The maximum atomic E-state index is 12.5. The summed E-state index contributed by atoms with van der Waals surface area (Å²) >= 11 is 8.97. The van der Waals surface area contributed by atoms with E-state index in [1.165, 1.54) is 18.3 Å². The van der Waals surface area contributed by atoms with Crippen molar-refractivity contribution in [1.29, 1.82) is 0 Å². The Kier molecular flexibility index (Phi) is 8.82. The smallest absolute Gasteiger partial charge is 0.307 e. The minimum Gasteiger partial charge on any atom is -0.490 e. The second-order valence-corrected chi connectivity index (χ2v) is 10.5. The number of nitro groups is 1. The van der Waals surface area contributed by atoms with E-state index in [0.29, 0.717) is 29.3 Å². The molecule has 0 saturated carbocycles. The van der Waals surface area contributed by atoms with E-state index in [1.54, 1.807) is 24.3 Å². The van der Waals surface area contributed by atoms with Gasteiger partial charge in [-0.05, 0) is 99.0 Å². The number of rotatable bonds is 9. The van der Waals surface area contributed by atoms with Crippen LogP contribution < -0.4 is 14.9 Å². The lowest BCUT2D eigenvalue weighted by atomic mass is 10.2. The highest BCUT2D eigenvalue weighted by molar-refractivity contribution is 14.1. The second-order valence-electron chi connectivity index (χ2n) is 7.59. The number of ether oxygens (including phenoxy) is 2. The minimum absolute atomic E-state index is 0.0188. The molecule has 0 atom stereocenters. The van der Waals surface area contributed by atoms with Gasteiger partial charge in [-0.3, -0.25) is 14.9 Å². The zero-order valence-electron chi connectivity index (χ0n) is 19.2. The van der Waals surface area contributed by atoms with Gasteiger partial charge in [-0.15, -0.1) is 0 Å². The van der Waals surface area contributed by atoms with Gasteiger partial charge in [-0.1, -0.05) is 15.9 Å². The Morgan fingerprint density at radius 2 is 1.92 bits per heavy atom. The normalized spacial score (nSPS) is 11.1. The maximum Gasteiger partial charge on any atom is 0.307 e. The fourth-order valence-corrected chi connectivity index (χ4v) is 5.46. The third-order valence-electron chi connectivity index (χ3n) is 5.00. The van der Waals surface area contributed by atoms with E-state index in [4.69, 9.17) is 13.9 Å². The van der Waals surface area contributed by atoms with Crippen molar-refractivity contribution in [2.75, 3.05) is 6.61 Å². The first-order chi connectivity index (χ1) is 17.7. The molecule has 190 valence electrons. The van der Waals surface area contributed by atoms with Gasteiger partial charge in [0.05, 0.1) is 25.8 Å². The van der Waals surface area contributed by atoms with Gasteiger partial charge in [-0.2, -0.15) is 5.10 Å². The van der Waals surface area contributed by atoms with E-state index < -0.39 is 10.8 Å². The van der Waals surface area contributed by atoms with Crippen molar-refractivity contribution >= 4 is 83.2 Å². The van der Waals surface area contributed by atoms with Gasteiger partial charge in [0.2, 0.25) is 0 Å². The predicted molar refractivity (Wildman–Crippen MR) is 154 cm³/mol. The third kappa shape index (κ3) is 6.67. The fourth-order valence-electron chi connectivity index (χ4n) is 3.34. The van der Waals surface area contributed by atoms with Gasteiger partial charge in [0.25, 0.3) is 5.69 Å². The van der Waals surface area contributed by atoms with Gasteiger partial charge in [-0.25, -0.2) is 5.43 Å². The molecule has 0 aliphatic carbocycles. The summed E-state index contributed by atoms with van der Waals surface area (Å²) in [6, 6.07) is 15.1. The van der Waals surface area contributed by atoms with Crippen molar-refractivity contribution in [2.24, 2.45) is 5.10 Å². The van der Waals surface area contributed by atoms with Crippen molar-refractivity contribution in [3.05, 3.63) is 94.1 Å². The van der Waals surface area contributed by atoms with Crippen LogP contribution in [0.1, 0.15) is 28.6 Å². The van der Waals surface area contributed by atoms with E-state index in [0.717, 1.165) is 23.5 Å². The Hall–Kier alpha value is -2.97. The van der Waals surface area contributed by atoms with Crippen molar-refractivity contribution in [1.82, 2.24) is 5.43 Å². The second kappa shape index (κ2) is 12.0. The monoisotopic (exact) mass is 741 g/mol. The van der Waals surface area contributed by atoms with E-state index in [9.17, 15) is 14.9 Å². The fraction of sp³-hybridized carbons (Fsp3) is 0.120. The molecule has 3 aromatic carbocycles. The number of fused-ring (bicyclic) bond motifs is 1. The molecule has 37 heavy (non-hydrogen) atoms. The van der Waals surface area contributed by atoms with Crippen LogP contribution in [0.15, 0.2) is 73.1 Å². The Morgan fingerprint density at radius 1 is 1.16 bits per heavy atom. The molecular weight excluding hydrogens is 725 g/mol. The van der Waals surface area contributed by atoms with Gasteiger partial charge in [0.15, 0.2) is 17.3 Å². The molecule has 0 spiro atoms. The van der Waals surface area contributed by atoms with Crippen LogP contribution in [0.25, 0.3) is 11.0 Å². The number of halogens is 3. The van der Waals surface area contributed by atoms with Crippen LogP contribution in [-0.4, -0.2) is 23.7 Å². The summed E-state index contributed by atoms with van der Waals surface area (Å²) in [4.78, 5) is 22.9. The summed E-state index contributed by atoms with van der Waals surface area (Å²) in [6.45, 7) is 2.49. The van der Waals surface area contributed by atoms with Crippen LogP contribution in [-0.2, 0) is 6.61 Å². The van der Waals surface area contributed by atoms with Crippen molar-refractivity contribution in [2.45, 2.75) is 13.5 Å². The summed E-state index contributed by atoms with van der Waals surface area (Å²) in [7, 11) is 0. The highest BCUT2D eigenvalue weighted by atomic mass is 127. The summed E-state index contributed by atoms with van der Waals surface area (Å²) in [5.74, 6) is 0.696. The molecule has 9 nitrogen and oxygen atoms in total. The number of carbonyl (C=O) groups excluding carboxylic acids is 1. The molecule has 0 aliphatic rings. The van der Waals surface area contributed by atoms with Gasteiger partial charge in [0.1, 0.15) is 12.2 Å². The molecule has 0 unspecified atom stereocenters. The molecule has 1 amide bonds. The highest BCUT2D eigenvalue weighted by Gasteiger charge is 2.15. The minimum atomic E-state index is -0.488. The number of hydrogen-bond donors (Lipinski definition) is 1. The van der Waals surface area contributed by atoms with Crippen LogP contribution >= 0.6 is 54.5 Å². The zero-order valence-corrected chi connectivity index (χ0v) is 24.5. The molecule has 0 fully saturated rings. The van der Waals surface area contributed by atoms with Crippen LogP contribution in [0.4, 0.5) is 5.69 Å². The molecule has 4 aromatic rings. The highest BCUT2D eigenvalue weighted by Crippen LogP contribution is 2.35. The number of hydrazone groups is 1. The Balaban J connectivity index is 1.46. The first-order valence-corrected chi connectivity index (χ1v) is 13.5. The average molecular weight is 743 g/mol. The lowest BCUT2D eigenvalue weighted by Crippen LogP contribution is -2.16. The predicted octanol–water partition coefficient (Wildman–Crippen LogP) is 7.21. The number of amides is 1. The average Bonchev–Trinajstić information content (AvgIpc) is 3.28. The summed E-state index contributed by atoms with van der Waals surface area (Å²) in [5.41, 5.74) is 4.53. The Morgan fingerprint density at radius 3 is 2.62 bits per heavy atom. The number of non-ortho nitro benzene ring substituents is 1. The van der Waals surface area contributed by atoms with Crippen molar-refractivity contribution in [3.63, 3.8) is 0 Å². The molecule has 1 N–H and O–H groups in total. The Labute approximate surface area is 241 Å². The number of nitrogens with one attached hydrogen (secondary N) is 1. The summed E-state index contributed by atoms with van der Waals surface area (Å²) < 4.78 is 19.7. The summed E-state index contributed by atoms with van der Waals surface area (Å²) in [6.07, 6.45) is 1.50. The lowest BCUT2D eigenvalue weighted by Gasteiger charge is -2.14. The van der Waals surface area contributed by atoms with Crippen molar-refractivity contribution in [3.8, 4) is 11.5 Å². The molecule has 0 radical (unpaired) electrons. The van der Waals surface area contributed by atoms with Crippen LogP contribution in [0.5, 0.6) is 11.5 Å². The molecule has 0 bridgehead atoms. The van der Waals surface area contributed by atoms with E-state index >= 15 is 0 Å². The first-order valence-electron chi connectivity index (χ1n) is 10.8. The molecule has 4 rings (SSSR count).